The SMILES string of the molecule is CCOC(=O)C[C@@H](N)[C@@H](C)OC. The minimum atomic E-state index is -0.283. The third-order valence-electron chi connectivity index (χ3n) is 1.68. The van der Waals surface area contributed by atoms with E-state index in [1.807, 2.05) is 6.92 Å². The lowest BCUT2D eigenvalue weighted by Crippen LogP contribution is -2.36. The van der Waals surface area contributed by atoms with Crippen LogP contribution in [-0.2, 0) is 14.3 Å². The van der Waals surface area contributed by atoms with Crippen molar-refractivity contribution >= 4 is 5.97 Å². The van der Waals surface area contributed by atoms with Crippen molar-refractivity contribution in [2.75, 3.05) is 13.7 Å². The number of rotatable bonds is 5. The van der Waals surface area contributed by atoms with Gasteiger partial charge in [-0.3, -0.25) is 4.79 Å². The molecule has 0 aromatic heterocycles. The lowest BCUT2D eigenvalue weighted by Gasteiger charge is -2.16. The van der Waals surface area contributed by atoms with Gasteiger partial charge in [0.2, 0.25) is 0 Å². The molecule has 0 spiro atoms. The molecule has 2 N–H and O–H groups in total. The fraction of sp³-hybridized carbons (Fsp3) is 0.875. The van der Waals surface area contributed by atoms with E-state index < -0.39 is 0 Å². The summed E-state index contributed by atoms with van der Waals surface area (Å²) >= 11 is 0. The highest BCUT2D eigenvalue weighted by atomic mass is 16.5. The second-order valence-corrected chi connectivity index (χ2v) is 2.61. The Bertz CT molecular complexity index is 138. The maximum absolute atomic E-state index is 10.9. The average Bonchev–Trinajstić information content (AvgIpc) is 2.03. The zero-order chi connectivity index (χ0) is 9.56. The molecule has 4 nitrogen and oxygen atoms in total. The molecule has 0 aromatic rings. The molecular formula is C8H17NO3. The summed E-state index contributed by atoms with van der Waals surface area (Å²) in [6.45, 7) is 3.99. The number of hydrogen-bond acceptors (Lipinski definition) is 4. The Hall–Kier alpha value is -0.610. The normalized spacial score (nSPS) is 15.3. The number of ether oxygens (including phenoxy) is 2. The van der Waals surface area contributed by atoms with E-state index in [-0.39, 0.29) is 24.5 Å². The quantitative estimate of drug-likeness (QED) is 0.610. The molecule has 0 aliphatic carbocycles. The van der Waals surface area contributed by atoms with Crippen LogP contribution < -0.4 is 5.73 Å². The van der Waals surface area contributed by atoms with Crippen LogP contribution >= 0.6 is 0 Å². The summed E-state index contributed by atoms with van der Waals surface area (Å²) in [5.41, 5.74) is 5.63. The molecule has 0 amide bonds. The Labute approximate surface area is 73.0 Å². The van der Waals surface area contributed by atoms with E-state index in [9.17, 15) is 4.79 Å². The summed E-state index contributed by atoms with van der Waals surface area (Å²) in [6.07, 6.45) is 0.0949. The molecule has 0 bridgehead atoms. The fourth-order valence-electron chi connectivity index (χ4n) is 0.753. The van der Waals surface area contributed by atoms with Crippen molar-refractivity contribution in [3.8, 4) is 0 Å². The van der Waals surface area contributed by atoms with Crippen LogP contribution in [0.1, 0.15) is 20.3 Å². The standard InChI is InChI=1S/C8H17NO3/c1-4-12-8(10)5-7(9)6(2)11-3/h6-7H,4-5,9H2,1-3H3/t6-,7-/m1/s1. The van der Waals surface area contributed by atoms with E-state index in [0.29, 0.717) is 6.61 Å². The van der Waals surface area contributed by atoms with Crippen molar-refractivity contribution in [2.45, 2.75) is 32.4 Å². The second kappa shape index (κ2) is 5.97. The minimum absolute atomic E-state index is 0.116. The van der Waals surface area contributed by atoms with Crippen LogP contribution in [0.25, 0.3) is 0 Å². The van der Waals surface area contributed by atoms with Crippen LogP contribution in [0.5, 0.6) is 0 Å². The van der Waals surface area contributed by atoms with Crippen LogP contribution in [0, 0.1) is 0 Å². The van der Waals surface area contributed by atoms with Crippen molar-refractivity contribution in [2.24, 2.45) is 5.73 Å². The molecule has 0 unspecified atom stereocenters. The number of esters is 1. The van der Waals surface area contributed by atoms with E-state index in [4.69, 9.17) is 15.2 Å². The van der Waals surface area contributed by atoms with E-state index in [0.717, 1.165) is 0 Å². The first-order valence-corrected chi connectivity index (χ1v) is 4.05. The molecule has 0 rings (SSSR count). The molecule has 0 radical (unpaired) electrons. The summed E-state index contributed by atoms with van der Waals surface area (Å²) in [5.74, 6) is -0.270. The van der Waals surface area contributed by atoms with E-state index in [1.54, 1.807) is 14.0 Å². The van der Waals surface area contributed by atoms with E-state index >= 15 is 0 Å². The number of hydrogen-bond donors (Lipinski definition) is 1. The second-order valence-electron chi connectivity index (χ2n) is 2.61. The Morgan fingerprint density at radius 1 is 1.58 bits per heavy atom. The van der Waals surface area contributed by atoms with Crippen LogP contribution in [0.3, 0.4) is 0 Å². The Balaban J connectivity index is 3.67. The maximum atomic E-state index is 10.9. The van der Waals surface area contributed by atoms with Gasteiger partial charge in [0, 0.05) is 13.2 Å². The molecule has 2 atom stereocenters. The van der Waals surface area contributed by atoms with E-state index in [1.165, 1.54) is 0 Å². The van der Waals surface area contributed by atoms with Crippen LogP contribution in [0.15, 0.2) is 0 Å². The lowest BCUT2D eigenvalue weighted by atomic mass is 10.1. The highest BCUT2D eigenvalue weighted by Gasteiger charge is 2.16. The van der Waals surface area contributed by atoms with Gasteiger partial charge in [0.1, 0.15) is 0 Å². The first kappa shape index (κ1) is 11.4. The lowest BCUT2D eigenvalue weighted by molar-refractivity contribution is -0.144. The largest absolute Gasteiger partial charge is 0.466 e. The van der Waals surface area contributed by atoms with Gasteiger partial charge in [-0.05, 0) is 13.8 Å². The zero-order valence-electron chi connectivity index (χ0n) is 7.87. The molecule has 0 aliphatic heterocycles. The van der Waals surface area contributed by atoms with E-state index in [2.05, 4.69) is 0 Å². The van der Waals surface area contributed by atoms with Crippen molar-refractivity contribution in [1.29, 1.82) is 0 Å². The van der Waals surface area contributed by atoms with Gasteiger partial charge in [-0.2, -0.15) is 0 Å². The minimum Gasteiger partial charge on any atom is -0.466 e. The zero-order valence-corrected chi connectivity index (χ0v) is 7.87. The first-order chi connectivity index (χ1) is 5.61. The predicted molar refractivity (Wildman–Crippen MR) is 45.7 cm³/mol. The molecule has 0 heterocycles. The topological polar surface area (TPSA) is 61.5 Å². The molecule has 0 saturated carbocycles. The van der Waals surface area contributed by atoms with Gasteiger partial charge in [0.05, 0.1) is 19.1 Å². The van der Waals surface area contributed by atoms with Gasteiger partial charge in [-0.15, -0.1) is 0 Å². The highest BCUT2D eigenvalue weighted by Crippen LogP contribution is 2.00. The van der Waals surface area contributed by atoms with Gasteiger partial charge < -0.3 is 15.2 Å². The molecule has 0 saturated heterocycles. The molecule has 12 heavy (non-hydrogen) atoms. The van der Waals surface area contributed by atoms with Crippen molar-refractivity contribution in [3.05, 3.63) is 0 Å². The highest BCUT2D eigenvalue weighted by molar-refractivity contribution is 5.70. The number of methoxy groups -OCH3 is 1. The van der Waals surface area contributed by atoms with Crippen LogP contribution in [0.4, 0.5) is 0 Å². The Morgan fingerprint density at radius 3 is 2.58 bits per heavy atom. The van der Waals surface area contributed by atoms with Gasteiger partial charge in [0.25, 0.3) is 0 Å². The van der Waals surface area contributed by atoms with Gasteiger partial charge in [-0.25, -0.2) is 0 Å². The molecule has 0 fully saturated rings. The fourth-order valence-corrected chi connectivity index (χ4v) is 0.753. The van der Waals surface area contributed by atoms with Gasteiger partial charge >= 0.3 is 5.97 Å². The maximum Gasteiger partial charge on any atom is 0.307 e. The summed E-state index contributed by atoms with van der Waals surface area (Å²) in [4.78, 5) is 10.9. The molecule has 72 valence electrons. The third kappa shape index (κ3) is 4.31. The molecular weight excluding hydrogens is 158 g/mol. The van der Waals surface area contributed by atoms with Crippen molar-refractivity contribution < 1.29 is 14.3 Å². The molecule has 0 aromatic carbocycles. The van der Waals surface area contributed by atoms with Crippen molar-refractivity contribution in [1.82, 2.24) is 0 Å². The summed E-state index contributed by atoms with van der Waals surface area (Å²) in [7, 11) is 1.57. The number of nitrogens with two attached hydrogens (primary N) is 1. The Kier molecular flexibility index (Phi) is 5.66. The Morgan fingerprint density at radius 2 is 2.17 bits per heavy atom. The third-order valence-corrected chi connectivity index (χ3v) is 1.68. The summed E-state index contributed by atoms with van der Waals surface area (Å²) in [6, 6.07) is -0.283. The average molecular weight is 175 g/mol. The van der Waals surface area contributed by atoms with Gasteiger partial charge in [-0.1, -0.05) is 0 Å². The summed E-state index contributed by atoms with van der Waals surface area (Å²) < 4.78 is 9.69. The smallest absolute Gasteiger partial charge is 0.307 e. The number of carbonyl (C=O) groups excluding carboxylic acids is 1. The van der Waals surface area contributed by atoms with Crippen LogP contribution in [0.2, 0.25) is 0 Å². The molecule has 0 aliphatic rings. The predicted octanol–water partition coefficient (Wildman–Crippen LogP) is 0.302. The molecule has 4 heteroatoms. The number of carbonyl (C=O) groups is 1. The summed E-state index contributed by atoms with van der Waals surface area (Å²) in [5, 5.41) is 0. The van der Waals surface area contributed by atoms with Crippen molar-refractivity contribution in [3.63, 3.8) is 0 Å². The first-order valence-electron chi connectivity index (χ1n) is 4.05. The van der Waals surface area contributed by atoms with Gasteiger partial charge in [0.15, 0.2) is 0 Å². The monoisotopic (exact) mass is 175 g/mol. The van der Waals surface area contributed by atoms with Crippen LogP contribution in [-0.4, -0.2) is 31.8 Å².